The molecule has 0 spiro atoms. The third-order valence-corrected chi connectivity index (χ3v) is 5.62. The largest absolute Gasteiger partial charge is 0.368 e. The molecule has 1 N–H and O–H groups in total. The highest BCUT2D eigenvalue weighted by atomic mass is 35.5. The molecule has 31 heavy (non-hydrogen) atoms. The summed E-state index contributed by atoms with van der Waals surface area (Å²) in [5, 5.41) is 15.8. The smallest absolute Gasteiger partial charge is 0.353 e. The Morgan fingerprint density at radius 3 is 2.48 bits per heavy atom. The molecule has 3 aromatic rings. The monoisotopic (exact) mass is 438 g/mol. The van der Waals surface area contributed by atoms with Crippen molar-refractivity contribution in [2.45, 2.75) is 13.8 Å². The first-order chi connectivity index (χ1) is 14.9. The molecule has 0 amide bonds. The zero-order valence-electron chi connectivity index (χ0n) is 17.4. The maximum atomic E-state index is 12.0. The maximum absolute atomic E-state index is 12.0. The molecule has 0 bridgehead atoms. The predicted molar refractivity (Wildman–Crippen MR) is 124 cm³/mol. The van der Waals surface area contributed by atoms with Gasteiger partial charge < -0.3 is 15.1 Å². The van der Waals surface area contributed by atoms with Gasteiger partial charge in [-0.2, -0.15) is 0 Å². The molecule has 0 radical (unpaired) electrons. The Morgan fingerprint density at radius 2 is 1.77 bits per heavy atom. The SMILES string of the molecule is Cc1ccc(C)c(Nc2ncnc(N3CCN(c4cccc(Cl)c4)CC3)c2[N+](=O)[O-])c1. The summed E-state index contributed by atoms with van der Waals surface area (Å²) < 4.78 is 0. The van der Waals surface area contributed by atoms with Crippen LogP contribution in [-0.2, 0) is 0 Å². The Labute approximate surface area is 185 Å². The van der Waals surface area contributed by atoms with E-state index in [2.05, 4.69) is 20.2 Å². The molecule has 1 aliphatic heterocycles. The van der Waals surface area contributed by atoms with Gasteiger partial charge in [-0.15, -0.1) is 0 Å². The lowest BCUT2D eigenvalue weighted by molar-refractivity contribution is -0.383. The van der Waals surface area contributed by atoms with E-state index in [1.807, 2.05) is 61.2 Å². The third-order valence-electron chi connectivity index (χ3n) is 5.38. The van der Waals surface area contributed by atoms with Crippen LogP contribution < -0.4 is 15.1 Å². The second kappa shape index (κ2) is 8.77. The van der Waals surface area contributed by atoms with Crippen LogP contribution in [0.1, 0.15) is 11.1 Å². The van der Waals surface area contributed by atoms with E-state index in [9.17, 15) is 10.1 Å². The van der Waals surface area contributed by atoms with Crippen LogP contribution in [0.3, 0.4) is 0 Å². The average Bonchev–Trinajstić information content (AvgIpc) is 2.76. The molecule has 0 unspecified atom stereocenters. The van der Waals surface area contributed by atoms with E-state index < -0.39 is 4.92 Å². The van der Waals surface area contributed by atoms with Crippen molar-refractivity contribution in [2.75, 3.05) is 41.3 Å². The minimum absolute atomic E-state index is 0.111. The minimum atomic E-state index is -0.411. The Hall–Kier alpha value is -3.39. The van der Waals surface area contributed by atoms with Gasteiger partial charge in [0.15, 0.2) is 0 Å². The van der Waals surface area contributed by atoms with Crippen molar-refractivity contribution in [1.82, 2.24) is 9.97 Å². The van der Waals surface area contributed by atoms with Gasteiger partial charge in [0, 0.05) is 42.6 Å². The summed E-state index contributed by atoms with van der Waals surface area (Å²) in [5.41, 5.74) is 3.76. The zero-order valence-corrected chi connectivity index (χ0v) is 18.1. The summed E-state index contributed by atoms with van der Waals surface area (Å²) in [4.78, 5) is 24.2. The maximum Gasteiger partial charge on any atom is 0.353 e. The first kappa shape index (κ1) is 20.9. The van der Waals surface area contributed by atoms with Gasteiger partial charge in [-0.05, 0) is 49.2 Å². The van der Waals surface area contributed by atoms with Crippen LogP contribution >= 0.6 is 11.6 Å². The topological polar surface area (TPSA) is 87.4 Å². The zero-order chi connectivity index (χ0) is 22.0. The number of nitro groups is 1. The van der Waals surface area contributed by atoms with E-state index in [4.69, 9.17) is 11.6 Å². The molecule has 2 aromatic carbocycles. The Balaban J connectivity index is 1.58. The molecule has 1 fully saturated rings. The second-order valence-electron chi connectivity index (χ2n) is 7.55. The van der Waals surface area contributed by atoms with Crippen molar-refractivity contribution in [2.24, 2.45) is 0 Å². The number of hydrogen-bond donors (Lipinski definition) is 1. The van der Waals surface area contributed by atoms with Gasteiger partial charge in [0.1, 0.15) is 6.33 Å². The van der Waals surface area contributed by atoms with Crippen molar-refractivity contribution in [3.8, 4) is 0 Å². The van der Waals surface area contributed by atoms with Gasteiger partial charge in [0.05, 0.1) is 4.92 Å². The number of benzene rings is 2. The molecule has 9 heteroatoms. The Morgan fingerprint density at radius 1 is 1.03 bits per heavy atom. The van der Waals surface area contributed by atoms with Crippen LogP contribution in [0.25, 0.3) is 0 Å². The molecule has 8 nitrogen and oxygen atoms in total. The number of piperazine rings is 1. The molecule has 1 aromatic heterocycles. The highest BCUT2D eigenvalue weighted by Crippen LogP contribution is 2.35. The van der Waals surface area contributed by atoms with Crippen molar-refractivity contribution in [3.63, 3.8) is 0 Å². The lowest BCUT2D eigenvalue weighted by atomic mass is 10.1. The number of hydrogen-bond acceptors (Lipinski definition) is 7. The molecule has 2 heterocycles. The van der Waals surface area contributed by atoms with Crippen LogP contribution in [0.4, 0.5) is 28.7 Å². The molecule has 0 atom stereocenters. The summed E-state index contributed by atoms with van der Waals surface area (Å²) in [6.45, 7) is 6.55. The number of aromatic nitrogens is 2. The van der Waals surface area contributed by atoms with Crippen molar-refractivity contribution >= 4 is 40.3 Å². The minimum Gasteiger partial charge on any atom is -0.368 e. The Bertz CT molecular complexity index is 1110. The standard InChI is InChI=1S/C22H23ClN6O2/c1-15-6-7-16(2)19(12-15)26-21-20(29(30)31)22(25-14-24-21)28-10-8-27(9-11-28)18-5-3-4-17(23)13-18/h3-7,12-14H,8-11H2,1-2H3,(H,24,25,26). The molecular weight excluding hydrogens is 416 g/mol. The van der Waals surface area contributed by atoms with Crippen LogP contribution in [0.5, 0.6) is 0 Å². The summed E-state index contributed by atoms with van der Waals surface area (Å²) in [6, 6.07) is 13.6. The van der Waals surface area contributed by atoms with Gasteiger partial charge >= 0.3 is 5.69 Å². The first-order valence-corrected chi connectivity index (χ1v) is 10.4. The van der Waals surface area contributed by atoms with Crippen molar-refractivity contribution < 1.29 is 4.92 Å². The molecule has 160 valence electrons. The van der Waals surface area contributed by atoms with E-state index in [-0.39, 0.29) is 11.5 Å². The summed E-state index contributed by atoms with van der Waals surface area (Å²) in [7, 11) is 0. The fourth-order valence-electron chi connectivity index (χ4n) is 3.71. The van der Waals surface area contributed by atoms with Crippen LogP contribution in [0.15, 0.2) is 48.8 Å². The van der Waals surface area contributed by atoms with E-state index in [0.717, 1.165) is 22.5 Å². The molecule has 4 rings (SSSR count). The number of nitrogens with zero attached hydrogens (tertiary/aromatic N) is 5. The van der Waals surface area contributed by atoms with Crippen molar-refractivity contribution in [1.29, 1.82) is 0 Å². The molecule has 1 aliphatic rings. The number of halogens is 1. The summed E-state index contributed by atoms with van der Waals surface area (Å²) in [5.74, 6) is 0.527. The van der Waals surface area contributed by atoms with Gasteiger partial charge in [-0.1, -0.05) is 29.8 Å². The third kappa shape index (κ3) is 4.54. The first-order valence-electron chi connectivity index (χ1n) is 10.0. The van der Waals surface area contributed by atoms with Gasteiger partial charge in [0.2, 0.25) is 11.6 Å². The quantitative estimate of drug-likeness (QED) is 0.455. The number of nitrogens with one attached hydrogen (secondary N) is 1. The predicted octanol–water partition coefficient (Wildman–Crippen LogP) is 4.73. The highest BCUT2D eigenvalue weighted by Gasteiger charge is 2.29. The molecule has 0 aliphatic carbocycles. The fraction of sp³-hybridized carbons (Fsp3) is 0.273. The van der Waals surface area contributed by atoms with Crippen molar-refractivity contribution in [3.05, 3.63) is 75.1 Å². The lowest BCUT2D eigenvalue weighted by Crippen LogP contribution is -2.47. The normalized spacial score (nSPS) is 13.9. The second-order valence-corrected chi connectivity index (χ2v) is 7.99. The summed E-state index contributed by atoms with van der Waals surface area (Å²) in [6.07, 6.45) is 1.37. The van der Waals surface area contributed by atoms with E-state index in [1.165, 1.54) is 6.33 Å². The molecule has 0 saturated carbocycles. The van der Waals surface area contributed by atoms with E-state index in [0.29, 0.717) is 37.0 Å². The van der Waals surface area contributed by atoms with E-state index >= 15 is 0 Å². The van der Waals surface area contributed by atoms with Crippen LogP contribution in [0, 0.1) is 24.0 Å². The summed E-state index contributed by atoms with van der Waals surface area (Å²) >= 11 is 6.11. The molecular formula is C22H23ClN6O2. The van der Waals surface area contributed by atoms with Gasteiger partial charge in [0.25, 0.3) is 0 Å². The lowest BCUT2D eigenvalue weighted by Gasteiger charge is -2.36. The number of aryl methyl sites for hydroxylation is 2. The van der Waals surface area contributed by atoms with Gasteiger partial charge in [-0.25, -0.2) is 9.97 Å². The number of rotatable bonds is 5. The van der Waals surface area contributed by atoms with Gasteiger partial charge in [-0.3, -0.25) is 10.1 Å². The van der Waals surface area contributed by atoms with Crippen LogP contribution in [0.2, 0.25) is 5.02 Å². The number of anilines is 4. The van der Waals surface area contributed by atoms with Crippen LogP contribution in [-0.4, -0.2) is 41.1 Å². The van der Waals surface area contributed by atoms with E-state index in [1.54, 1.807) is 0 Å². The fourth-order valence-corrected chi connectivity index (χ4v) is 3.89. The average molecular weight is 439 g/mol. The highest BCUT2D eigenvalue weighted by molar-refractivity contribution is 6.30. The molecule has 1 saturated heterocycles. The Kier molecular flexibility index (Phi) is 5.90.